The highest BCUT2D eigenvalue weighted by Gasteiger charge is 2.43. The Bertz CT molecular complexity index is 837. The number of esters is 1. The van der Waals surface area contributed by atoms with E-state index in [9.17, 15) is 4.79 Å². The number of halogens is 1. The average molecular weight is 476 g/mol. The van der Waals surface area contributed by atoms with E-state index in [-0.39, 0.29) is 12.1 Å². The molecule has 1 heterocycles. The molecule has 2 aromatic rings. The van der Waals surface area contributed by atoms with Crippen LogP contribution in [-0.4, -0.2) is 17.7 Å². The van der Waals surface area contributed by atoms with Crippen LogP contribution in [0.4, 0.5) is 0 Å². The van der Waals surface area contributed by atoms with Crippen molar-refractivity contribution in [1.29, 1.82) is 0 Å². The number of rotatable bonds is 5. The highest BCUT2D eigenvalue weighted by Crippen LogP contribution is 2.38. The Morgan fingerprint density at radius 2 is 1.93 bits per heavy atom. The van der Waals surface area contributed by atoms with Crippen LogP contribution in [0.3, 0.4) is 0 Å². The molecule has 0 amide bonds. The fourth-order valence-electron chi connectivity index (χ4n) is 3.31. The fourth-order valence-corrected chi connectivity index (χ4v) is 3.67. The van der Waals surface area contributed by atoms with Crippen LogP contribution in [0.15, 0.2) is 60.2 Å². The van der Waals surface area contributed by atoms with Gasteiger partial charge in [-0.2, -0.15) is 0 Å². The molecule has 0 aromatic heterocycles. The molecular weight excluding hydrogens is 451 g/mol. The molecule has 2 aromatic carbocycles. The highest BCUT2D eigenvalue weighted by atomic mass is 127. The minimum Gasteiger partial charge on any atom is -0.483 e. The first-order valence-corrected chi connectivity index (χ1v) is 10.3. The van der Waals surface area contributed by atoms with E-state index in [2.05, 4.69) is 42.5 Å². The van der Waals surface area contributed by atoms with Gasteiger partial charge in [0.1, 0.15) is 17.5 Å². The van der Waals surface area contributed by atoms with Gasteiger partial charge in [-0.05, 0) is 92.1 Å². The van der Waals surface area contributed by atoms with Gasteiger partial charge < -0.3 is 9.47 Å². The summed E-state index contributed by atoms with van der Waals surface area (Å²) in [5.74, 6) is 0.589. The summed E-state index contributed by atoms with van der Waals surface area (Å²) in [6.45, 7) is 6.23. The van der Waals surface area contributed by atoms with Gasteiger partial charge in [0.2, 0.25) is 0 Å². The second kappa shape index (κ2) is 8.46. The molecule has 27 heavy (non-hydrogen) atoms. The van der Waals surface area contributed by atoms with Crippen molar-refractivity contribution in [3.63, 3.8) is 0 Å². The molecule has 0 spiro atoms. The van der Waals surface area contributed by atoms with Crippen LogP contribution in [0.1, 0.15) is 49.5 Å². The summed E-state index contributed by atoms with van der Waals surface area (Å²) in [6, 6.07) is 15.4. The number of benzene rings is 2. The van der Waals surface area contributed by atoms with Crippen LogP contribution in [0.2, 0.25) is 0 Å². The minimum atomic E-state index is -0.556. The summed E-state index contributed by atoms with van der Waals surface area (Å²) >= 11 is 2.22. The lowest BCUT2D eigenvalue weighted by atomic mass is 9.85. The zero-order valence-corrected chi connectivity index (χ0v) is 18.2. The number of para-hydroxylation sites is 1. The summed E-state index contributed by atoms with van der Waals surface area (Å²) in [5.41, 5.74) is 2.37. The zero-order valence-electron chi connectivity index (χ0n) is 16.0. The highest BCUT2D eigenvalue weighted by molar-refractivity contribution is 14.1. The van der Waals surface area contributed by atoms with Crippen molar-refractivity contribution >= 4 is 28.6 Å². The SMILES string of the molecule is CC(C)=CCC[C@@]1(C)Oc2ccccc2C[C@@H]1OC(=O)c1ccc(I)cc1. The van der Waals surface area contributed by atoms with E-state index in [1.807, 2.05) is 55.5 Å². The average Bonchev–Trinajstić information content (AvgIpc) is 2.62. The molecule has 0 unspecified atom stereocenters. The van der Waals surface area contributed by atoms with E-state index in [4.69, 9.17) is 9.47 Å². The Balaban J connectivity index is 1.83. The summed E-state index contributed by atoms with van der Waals surface area (Å²) in [5, 5.41) is 0. The summed E-state index contributed by atoms with van der Waals surface area (Å²) in [4.78, 5) is 12.7. The maximum atomic E-state index is 12.7. The normalized spacial score (nSPS) is 21.0. The predicted octanol–water partition coefficient (Wildman–Crippen LogP) is 5.96. The Hall–Kier alpha value is -1.82. The van der Waals surface area contributed by atoms with E-state index < -0.39 is 5.60 Å². The van der Waals surface area contributed by atoms with Gasteiger partial charge in [0.15, 0.2) is 0 Å². The van der Waals surface area contributed by atoms with Gasteiger partial charge in [0.25, 0.3) is 0 Å². The van der Waals surface area contributed by atoms with Crippen molar-refractivity contribution in [3.05, 3.63) is 74.9 Å². The van der Waals surface area contributed by atoms with Crippen molar-refractivity contribution in [1.82, 2.24) is 0 Å². The number of hydrogen-bond donors (Lipinski definition) is 0. The van der Waals surface area contributed by atoms with Crippen LogP contribution in [0.25, 0.3) is 0 Å². The first kappa shape index (κ1) is 19.9. The molecule has 1 aliphatic rings. The van der Waals surface area contributed by atoms with Gasteiger partial charge >= 0.3 is 5.97 Å². The van der Waals surface area contributed by atoms with Crippen LogP contribution in [0, 0.1) is 3.57 Å². The predicted molar refractivity (Wildman–Crippen MR) is 116 cm³/mol. The summed E-state index contributed by atoms with van der Waals surface area (Å²) in [6.07, 6.45) is 4.21. The molecule has 1 aliphatic heterocycles. The van der Waals surface area contributed by atoms with Gasteiger partial charge in [0.05, 0.1) is 5.56 Å². The van der Waals surface area contributed by atoms with Crippen molar-refractivity contribution in [2.24, 2.45) is 0 Å². The Morgan fingerprint density at radius 1 is 1.22 bits per heavy atom. The van der Waals surface area contributed by atoms with Gasteiger partial charge in [-0.15, -0.1) is 0 Å². The van der Waals surface area contributed by atoms with Gasteiger partial charge in [-0.3, -0.25) is 0 Å². The minimum absolute atomic E-state index is 0.298. The van der Waals surface area contributed by atoms with Gasteiger partial charge in [-0.25, -0.2) is 4.79 Å². The van der Waals surface area contributed by atoms with E-state index in [0.29, 0.717) is 12.0 Å². The number of fused-ring (bicyclic) bond motifs is 1. The second-order valence-corrected chi connectivity index (χ2v) is 8.69. The first-order valence-electron chi connectivity index (χ1n) is 9.24. The lowest BCUT2D eigenvalue weighted by Gasteiger charge is -2.41. The summed E-state index contributed by atoms with van der Waals surface area (Å²) < 4.78 is 13.4. The van der Waals surface area contributed by atoms with Crippen molar-refractivity contribution in [2.75, 3.05) is 0 Å². The molecule has 3 nitrogen and oxygen atoms in total. The number of hydrogen-bond acceptors (Lipinski definition) is 3. The number of ether oxygens (including phenoxy) is 2. The van der Waals surface area contributed by atoms with Gasteiger partial charge in [-0.1, -0.05) is 29.8 Å². The number of allylic oxidation sites excluding steroid dienone is 2. The number of carbonyl (C=O) groups excluding carboxylic acids is 1. The molecule has 0 fully saturated rings. The van der Waals surface area contributed by atoms with E-state index in [0.717, 1.165) is 27.7 Å². The van der Waals surface area contributed by atoms with E-state index in [1.54, 1.807) is 0 Å². The Morgan fingerprint density at radius 3 is 2.63 bits per heavy atom. The molecule has 2 atom stereocenters. The van der Waals surface area contributed by atoms with Gasteiger partial charge in [0, 0.05) is 9.99 Å². The zero-order chi connectivity index (χ0) is 19.4. The van der Waals surface area contributed by atoms with Crippen LogP contribution in [0.5, 0.6) is 5.75 Å². The van der Waals surface area contributed by atoms with Crippen LogP contribution in [-0.2, 0) is 11.2 Å². The molecule has 142 valence electrons. The Labute approximate surface area is 174 Å². The topological polar surface area (TPSA) is 35.5 Å². The second-order valence-electron chi connectivity index (χ2n) is 7.45. The maximum absolute atomic E-state index is 12.7. The molecular formula is C23H25IO3. The first-order chi connectivity index (χ1) is 12.9. The van der Waals surface area contributed by atoms with E-state index in [1.165, 1.54) is 5.57 Å². The Kier molecular flexibility index (Phi) is 6.25. The van der Waals surface area contributed by atoms with Crippen LogP contribution >= 0.6 is 22.6 Å². The third-order valence-electron chi connectivity index (χ3n) is 4.92. The lowest BCUT2D eigenvalue weighted by Crippen LogP contribution is -2.51. The largest absolute Gasteiger partial charge is 0.483 e. The standard InChI is InChI=1S/C23H25IO3/c1-16(2)7-6-14-23(3)21(15-18-8-4-5-9-20(18)27-23)26-22(25)17-10-12-19(24)13-11-17/h4-5,7-13,21H,6,14-15H2,1-3H3/t21-,23+/m0/s1. The van der Waals surface area contributed by atoms with Crippen molar-refractivity contribution in [2.45, 2.75) is 51.7 Å². The molecule has 0 radical (unpaired) electrons. The third-order valence-corrected chi connectivity index (χ3v) is 5.64. The van der Waals surface area contributed by atoms with Crippen molar-refractivity contribution < 1.29 is 14.3 Å². The molecule has 0 saturated carbocycles. The lowest BCUT2D eigenvalue weighted by molar-refractivity contribution is -0.0729. The van der Waals surface area contributed by atoms with Crippen LogP contribution < -0.4 is 4.74 Å². The smallest absolute Gasteiger partial charge is 0.338 e. The third kappa shape index (κ3) is 4.92. The fraction of sp³-hybridized carbons (Fsp3) is 0.348. The molecule has 0 saturated heterocycles. The van der Waals surface area contributed by atoms with Crippen molar-refractivity contribution in [3.8, 4) is 5.75 Å². The molecule has 4 heteroatoms. The molecule has 0 aliphatic carbocycles. The monoisotopic (exact) mass is 476 g/mol. The van der Waals surface area contributed by atoms with E-state index >= 15 is 0 Å². The molecule has 0 N–H and O–H groups in total. The molecule has 0 bridgehead atoms. The summed E-state index contributed by atoms with van der Waals surface area (Å²) in [7, 11) is 0. The maximum Gasteiger partial charge on any atom is 0.338 e. The molecule has 3 rings (SSSR count). The number of carbonyl (C=O) groups is 1. The quantitative estimate of drug-likeness (QED) is 0.304.